The lowest BCUT2D eigenvalue weighted by atomic mass is 10.00. The van der Waals surface area contributed by atoms with Crippen LogP contribution < -0.4 is 5.69 Å². The van der Waals surface area contributed by atoms with Crippen molar-refractivity contribution in [2.45, 2.75) is 19.4 Å². The average Bonchev–Trinajstić information content (AvgIpc) is 3.41. The van der Waals surface area contributed by atoms with Gasteiger partial charge in [-0.3, -0.25) is 0 Å². The maximum Gasteiger partial charge on any atom is 0.348 e. The Kier molecular flexibility index (Phi) is 5.88. The van der Waals surface area contributed by atoms with Gasteiger partial charge in [0.1, 0.15) is 11.5 Å². The predicted molar refractivity (Wildman–Crippen MR) is 134 cm³/mol. The second kappa shape index (κ2) is 9.15. The van der Waals surface area contributed by atoms with Crippen LogP contribution in [-0.2, 0) is 31.2 Å². The van der Waals surface area contributed by atoms with Gasteiger partial charge in [0, 0.05) is 37.3 Å². The quantitative estimate of drug-likeness (QED) is 0.333. The number of phenols is 2. The van der Waals surface area contributed by atoms with Crippen LogP contribution in [-0.4, -0.2) is 36.7 Å². The number of fused-ring (bicyclic) bond motifs is 1. The highest BCUT2D eigenvalue weighted by Gasteiger charge is 2.19. The molecule has 0 radical (unpaired) electrons. The van der Waals surface area contributed by atoms with E-state index in [1.807, 2.05) is 66.3 Å². The van der Waals surface area contributed by atoms with Gasteiger partial charge in [0.2, 0.25) is 0 Å². The molecule has 0 amide bonds. The van der Waals surface area contributed by atoms with Gasteiger partial charge in [-0.15, -0.1) is 0 Å². The molecule has 0 aliphatic carbocycles. The van der Waals surface area contributed by atoms with Crippen molar-refractivity contribution in [2.75, 3.05) is 7.11 Å². The first-order chi connectivity index (χ1) is 16.9. The van der Waals surface area contributed by atoms with Crippen LogP contribution in [0, 0.1) is 0 Å². The Balaban J connectivity index is 1.48. The lowest BCUT2D eigenvalue weighted by Crippen LogP contribution is -2.15. The van der Waals surface area contributed by atoms with E-state index >= 15 is 0 Å². The van der Waals surface area contributed by atoms with E-state index in [0.717, 1.165) is 22.0 Å². The third-order valence-electron chi connectivity index (χ3n) is 6.25. The zero-order valence-corrected chi connectivity index (χ0v) is 19.5. The number of aryl methyl sites for hydroxylation is 3. The number of hydrogen-bond donors (Lipinski definition) is 3. The first-order valence-electron chi connectivity index (χ1n) is 11.3. The van der Waals surface area contributed by atoms with Crippen molar-refractivity contribution >= 4 is 10.9 Å². The molecule has 0 unspecified atom stereocenters. The number of aromatic nitrogens is 4. The second-order valence-electron chi connectivity index (χ2n) is 8.61. The van der Waals surface area contributed by atoms with Crippen molar-refractivity contribution in [1.82, 2.24) is 19.3 Å². The zero-order valence-electron chi connectivity index (χ0n) is 19.5. The van der Waals surface area contributed by atoms with Crippen LogP contribution >= 0.6 is 0 Å². The smallest absolute Gasteiger partial charge is 0.348 e. The first-order valence-corrected chi connectivity index (χ1v) is 11.3. The van der Waals surface area contributed by atoms with Crippen molar-refractivity contribution in [3.8, 4) is 28.6 Å². The summed E-state index contributed by atoms with van der Waals surface area (Å²) in [6, 6.07) is 18.8. The van der Waals surface area contributed by atoms with Crippen molar-refractivity contribution < 1.29 is 14.9 Å². The first kappa shape index (κ1) is 22.5. The predicted octanol–water partition coefficient (Wildman–Crippen LogP) is 4.06. The van der Waals surface area contributed by atoms with E-state index in [1.165, 1.54) is 10.6 Å². The highest BCUT2D eigenvalue weighted by Crippen LogP contribution is 2.35. The summed E-state index contributed by atoms with van der Waals surface area (Å²) in [5, 5.41) is 28.8. The Hall–Kier alpha value is -4.30. The van der Waals surface area contributed by atoms with Gasteiger partial charge in [-0.25, -0.2) is 14.5 Å². The summed E-state index contributed by atoms with van der Waals surface area (Å²) in [7, 11) is 3.62. The van der Waals surface area contributed by atoms with Crippen LogP contribution in [0.5, 0.6) is 11.5 Å². The number of hydrogen-bond acceptors (Lipinski definition) is 5. The molecule has 0 saturated heterocycles. The fraction of sp³-hybridized carbons (Fsp3) is 0.185. The Morgan fingerprint density at radius 3 is 2.49 bits per heavy atom. The van der Waals surface area contributed by atoms with E-state index in [1.54, 1.807) is 13.2 Å². The van der Waals surface area contributed by atoms with E-state index in [9.17, 15) is 15.0 Å². The van der Waals surface area contributed by atoms with Gasteiger partial charge in [0.15, 0.2) is 5.82 Å². The molecule has 8 heteroatoms. The molecule has 5 aromatic rings. The monoisotopic (exact) mass is 470 g/mol. The molecule has 5 rings (SSSR count). The SMILES string of the molecule is COCc1ccc(CCc2cc(-c3n[nH]c(=O)n3-c3ccc4c(ccn4C)c3)c(O)cc2O)cc1. The number of benzene rings is 3. The van der Waals surface area contributed by atoms with Gasteiger partial charge < -0.3 is 19.5 Å². The summed E-state index contributed by atoms with van der Waals surface area (Å²) >= 11 is 0. The van der Waals surface area contributed by atoms with Crippen LogP contribution in [0.1, 0.15) is 16.7 Å². The van der Waals surface area contributed by atoms with Gasteiger partial charge in [-0.1, -0.05) is 24.3 Å². The van der Waals surface area contributed by atoms with Crippen LogP contribution in [0.4, 0.5) is 0 Å². The van der Waals surface area contributed by atoms with Crippen molar-refractivity contribution in [1.29, 1.82) is 0 Å². The Morgan fingerprint density at radius 2 is 1.71 bits per heavy atom. The number of aromatic amines is 1. The van der Waals surface area contributed by atoms with Gasteiger partial charge in [0.05, 0.1) is 17.9 Å². The lowest BCUT2D eigenvalue weighted by molar-refractivity contribution is 0.185. The van der Waals surface area contributed by atoms with E-state index in [0.29, 0.717) is 36.3 Å². The van der Waals surface area contributed by atoms with Gasteiger partial charge >= 0.3 is 5.69 Å². The minimum Gasteiger partial charge on any atom is -0.508 e. The fourth-order valence-electron chi connectivity index (χ4n) is 4.37. The summed E-state index contributed by atoms with van der Waals surface area (Å²) in [5.41, 5.74) is 4.47. The normalized spacial score (nSPS) is 11.4. The summed E-state index contributed by atoms with van der Waals surface area (Å²) in [5.74, 6) is 0.113. The number of rotatable bonds is 7. The number of ether oxygens (including phenoxy) is 1. The minimum atomic E-state index is -0.416. The molecule has 35 heavy (non-hydrogen) atoms. The molecule has 3 N–H and O–H groups in total. The molecule has 0 aliphatic rings. The molecule has 0 aliphatic heterocycles. The largest absolute Gasteiger partial charge is 0.508 e. The molecule has 0 spiro atoms. The zero-order chi connectivity index (χ0) is 24.5. The van der Waals surface area contributed by atoms with Gasteiger partial charge in [-0.05, 0) is 59.9 Å². The number of nitrogens with one attached hydrogen (secondary N) is 1. The number of phenolic OH excluding ortho intramolecular Hbond substituents is 2. The number of methoxy groups -OCH3 is 1. The van der Waals surface area contributed by atoms with Crippen LogP contribution in [0.2, 0.25) is 0 Å². The highest BCUT2D eigenvalue weighted by molar-refractivity contribution is 5.82. The van der Waals surface area contributed by atoms with Crippen LogP contribution in [0.15, 0.2) is 71.7 Å². The number of H-pyrrole nitrogens is 1. The minimum absolute atomic E-state index is 0.00242. The van der Waals surface area contributed by atoms with E-state index in [-0.39, 0.29) is 17.3 Å². The summed E-state index contributed by atoms with van der Waals surface area (Å²) in [6.07, 6.45) is 3.20. The molecule has 0 fully saturated rings. The number of aromatic hydroxyl groups is 2. The van der Waals surface area contributed by atoms with Crippen molar-refractivity contribution in [2.24, 2.45) is 7.05 Å². The molecule has 8 nitrogen and oxygen atoms in total. The summed E-state index contributed by atoms with van der Waals surface area (Å²) in [6.45, 7) is 0.560. The topological polar surface area (TPSA) is 105 Å². The van der Waals surface area contributed by atoms with Crippen molar-refractivity contribution in [3.05, 3.63) is 94.0 Å². The van der Waals surface area contributed by atoms with Crippen LogP contribution in [0.25, 0.3) is 28.0 Å². The van der Waals surface area contributed by atoms with E-state index in [2.05, 4.69) is 10.2 Å². The maximum absolute atomic E-state index is 12.7. The third-order valence-corrected chi connectivity index (χ3v) is 6.25. The molecular weight excluding hydrogens is 444 g/mol. The summed E-state index contributed by atoms with van der Waals surface area (Å²) < 4.78 is 8.58. The molecule has 2 heterocycles. The molecule has 2 aromatic heterocycles. The molecule has 0 bridgehead atoms. The fourth-order valence-corrected chi connectivity index (χ4v) is 4.37. The molecule has 178 valence electrons. The van der Waals surface area contributed by atoms with Gasteiger partial charge in [-0.2, -0.15) is 5.10 Å². The molecule has 3 aromatic carbocycles. The number of nitrogens with zero attached hydrogens (tertiary/aromatic N) is 3. The standard InChI is InChI=1S/C27H26N4O4/c1-30-12-11-19-13-21(9-10-23(19)30)31-26(28-29-27(31)34)22-14-20(24(32)15-25(22)33)8-7-17-3-5-18(6-4-17)16-35-2/h3-6,9-15,32-33H,7-8,16H2,1-2H3,(H,29,34). The van der Waals surface area contributed by atoms with E-state index < -0.39 is 5.69 Å². The summed E-state index contributed by atoms with van der Waals surface area (Å²) in [4.78, 5) is 12.7. The molecule has 0 saturated carbocycles. The Labute approximate surface area is 201 Å². The molecule has 0 atom stereocenters. The van der Waals surface area contributed by atoms with Crippen molar-refractivity contribution in [3.63, 3.8) is 0 Å². The Morgan fingerprint density at radius 1 is 0.943 bits per heavy atom. The maximum atomic E-state index is 12.7. The van der Waals surface area contributed by atoms with Crippen LogP contribution in [0.3, 0.4) is 0 Å². The lowest BCUT2D eigenvalue weighted by Gasteiger charge is -2.12. The third kappa shape index (κ3) is 4.31. The molecular formula is C27H26N4O4. The Bertz CT molecular complexity index is 1560. The average molecular weight is 471 g/mol. The van der Waals surface area contributed by atoms with E-state index in [4.69, 9.17) is 4.74 Å². The van der Waals surface area contributed by atoms with Gasteiger partial charge in [0.25, 0.3) is 0 Å². The second-order valence-corrected chi connectivity index (χ2v) is 8.61. The highest BCUT2D eigenvalue weighted by atomic mass is 16.5.